The van der Waals surface area contributed by atoms with Crippen LogP contribution in [0.2, 0.25) is 5.02 Å². The van der Waals surface area contributed by atoms with E-state index in [2.05, 4.69) is 26.2 Å². The molecule has 0 aliphatic rings. The fourth-order valence-corrected chi connectivity index (χ4v) is 3.16. The predicted octanol–water partition coefficient (Wildman–Crippen LogP) is 4.43. The molecule has 2 aromatic heterocycles. The van der Waals surface area contributed by atoms with Crippen molar-refractivity contribution >= 4 is 38.5 Å². The van der Waals surface area contributed by atoms with Crippen molar-refractivity contribution in [1.82, 2.24) is 15.0 Å². The maximum atomic E-state index is 11.8. The van der Waals surface area contributed by atoms with Gasteiger partial charge >= 0.3 is 5.63 Å². The van der Waals surface area contributed by atoms with Gasteiger partial charge in [0.1, 0.15) is 23.6 Å². The summed E-state index contributed by atoms with van der Waals surface area (Å²) in [6, 6.07) is 14.1. The van der Waals surface area contributed by atoms with E-state index in [0.29, 0.717) is 28.6 Å². The lowest BCUT2D eigenvalue weighted by molar-refractivity contribution is 0.301. The van der Waals surface area contributed by atoms with Crippen molar-refractivity contribution < 1.29 is 9.15 Å². The van der Waals surface area contributed by atoms with Crippen molar-refractivity contribution in [3.05, 3.63) is 85.9 Å². The zero-order valence-corrected chi connectivity index (χ0v) is 16.3. The number of aromatic nitrogens is 3. The van der Waals surface area contributed by atoms with Gasteiger partial charge in [0.15, 0.2) is 0 Å². The van der Waals surface area contributed by atoms with Crippen molar-refractivity contribution in [2.45, 2.75) is 13.2 Å². The molecule has 0 saturated carbocycles. The summed E-state index contributed by atoms with van der Waals surface area (Å²) in [5.74, 6) is 0.700. The highest BCUT2D eigenvalue weighted by atomic mass is 79.9. The van der Waals surface area contributed by atoms with Crippen LogP contribution in [0.5, 0.6) is 5.75 Å². The Kier molecular flexibility index (Phi) is 4.96. The molecule has 0 spiro atoms. The van der Waals surface area contributed by atoms with E-state index in [1.165, 1.54) is 6.07 Å². The van der Waals surface area contributed by atoms with Gasteiger partial charge in [-0.1, -0.05) is 32.7 Å². The summed E-state index contributed by atoms with van der Waals surface area (Å²) in [7, 11) is 0. The minimum Gasteiger partial charge on any atom is -0.487 e. The Balaban J connectivity index is 1.52. The number of fused-ring (bicyclic) bond motifs is 1. The number of hydrogen-bond donors (Lipinski definition) is 0. The summed E-state index contributed by atoms with van der Waals surface area (Å²) in [5.41, 5.74) is 1.62. The summed E-state index contributed by atoms with van der Waals surface area (Å²) >= 11 is 9.30. The molecule has 8 heteroatoms. The highest BCUT2D eigenvalue weighted by Crippen LogP contribution is 2.22. The van der Waals surface area contributed by atoms with Gasteiger partial charge in [0.25, 0.3) is 0 Å². The molecule has 4 aromatic rings. The molecule has 4 rings (SSSR count). The van der Waals surface area contributed by atoms with Crippen LogP contribution in [0.15, 0.2) is 68.4 Å². The second-order valence-electron chi connectivity index (χ2n) is 5.88. The number of ether oxygens (including phenoxy) is 1. The third-order valence-electron chi connectivity index (χ3n) is 3.91. The van der Waals surface area contributed by atoms with Gasteiger partial charge < -0.3 is 9.15 Å². The van der Waals surface area contributed by atoms with Crippen LogP contribution in [0.4, 0.5) is 0 Å². The Hall–Kier alpha value is -2.64. The van der Waals surface area contributed by atoms with Crippen LogP contribution in [-0.2, 0) is 13.2 Å². The number of halogens is 2. The summed E-state index contributed by atoms with van der Waals surface area (Å²) in [6.45, 7) is 0.678. The first-order chi connectivity index (χ1) is 13.1. The largest absolute Gasteiger partial charge is 0.487 e. The zero-order chi connectivity index (χ0) is 18.8. The summed E-state index contributed by atoms with van der Waals surface area (Å²) in [6.07, 6.45) is 1.79. The van der Waals surface area contributed by atoms with Crippen LogP contribution < -0.4 is 10.4 Å². The molecule has 136 valence electrons. The van der Waals surface area contributed by atoms with E-state index in [4.69, 9.17) is 20.8 Å². The first kappa shape index (κ1) is 17.8. The van der Waals surface area contributed by atoms with E-state index < -0.39 is 5.63 Å². The topological polar surface area (TPSA) is 70.2 Å². The highest BCUT2D eigenvalue weighted by Gasteiger charge is 2.09. The maximum Gasteiger partial charge on any atom is 0.336 e. The molecule has 6 nitrogen and oxygen atoms in total. The van der Waals surface area contributed by atoms with Crippen LogP contribution in [0.3, 0.4) is 0 Å². The SMILES string of the molecule is O=c1cc(Cn2cc(COc3ccc(Cl)cc3)nn2)c2cc(Br)ccc2o1. The van der Waals surface area contributed by atoms with Gasteiger partial charge in [-0.05, 0) is 48.0 Å². The normalized spacial score (nSPS) is 11.0. The van der Waals surface area contributed by atoms with Crippen LogP contribution in [-0.4, -0.2) is 15.0 Å². The first-order valence-corrected chi connectivity index (χ1v) is 9.23. The van der Waals surface area contributed by atoms with E-state index in [0.717, 1.165) is 15.4 Å². The summed E-state index contributed by atoms with van der Waals surface area (Å²) < 4.78 is 13.5. The molecule has 0 saturated heterocycles. The van der Waals surface area contributed by atoms with Crippen LogP contribution >= 0.6 is 27.5 Å². The standard InChI is InChI=1S/C19H13BrClN3O3/c20-13-1-6-18-17(8-13)12(7-19(25)27-18)9-24-10-15(22-23-24)11-26-16-4-2-14(21)3-5-16/h1-8,10H,9,11H2. The van der Waals surface area contributed by atoms with Gasteiger partial charge in [0.05, 0.1) is 12.7 Å². The molecular formula is C19H13BrClN3O3. The molecule has 0 fully saturated rings. The van der Waals surface area contributed by atoms with Gasteiger partial charge in [0.2, 0.25) is 0 Å². The van der Waals surface area contributed by atoms with E-state index in [1.807, 2.05) is 12.1 Å². The summed E-state index contributed by atoms with van der Waals surface area (Å²) in [4.78, 5) is 11.8. The van der Waals surface area contributed by atoms with Gasteiger partial charge in [-0.25, -0.2) is 9.48 Å². The molecule has 2 heterocycles. The van der Waals surface area contributed by atoms with Gasteiger partial charge in [-0.3, -0.25) is 0 Å². The average molecular weight is 447 g/mol. The van der Waals surface area contributed by atoms with Crippen molar-refractivity contribution in [2.75, 3.05) is 0 Å². The number of hydrogen-bond acceptors (Lipinski definition) is 5. The molecule has 2 aromatic carbocycles. The predicted molar refractivity (Wildman–Crippen MR) is 105 cm³/mol. The second-order valence-corrected chi connectivity index (χ2v) is 7.23. The quantitative estimate of drug-likeness (QED) is 0.424. The monoisotopic (exact) mass is 445 g/mol. The minimum absolute atomic E-state index is 0.283. The molecular weight excluding hydrogens is 434 g/mol. The summed E-state index contributed by atoms with van der Waals surface area (Å²) in [5, 5.41) is 9.73. The van der Waals surface area contributed by atoms with Crippen molar-refractivity contribution in [1.29, 1.82) is 0 Å². The van der Waals surface area contributed by atoms with E-state index >= 15 is 0 Å². The van der Waals surface area contributed by atoms with Crippen molar-refractivity contribution in [3.63, 3.8) is 0 Å². The smallest absolute Gasteiger partial charge is 0.336 e. The van der Waals surface area contributed by atoms with Gasteiger partial charge in [-0.15, -0.1) is 5.10 Å². The molecule has 0 amide bonds. The van der Waals surface area contributed by atoms with E-state index in [-0.39, 0.29) is 6.61 Å². The molecule has 0 N–H and O–H groups in total. The maximum absolute atomic E-state index is 11.8. The lowest BCUT2D eigenvalue weighted by Crippen LogP contribution is -2.06. The number of benzene rings is 2. The number of nitrogens with zero attached hydrogens (tertiary/aromatic N) is 3. The highest BCUT2D eigenvalue weighted by molar-refractivity contribution is 9.10. The van der Waals surface area contributed by atoms with Crippen LogP contribution in [0.25, 0.3) is 11.0 Å². The Morgan fingerprint density at radius 2 is 1.96 bits per heavy atom. The molecule has 0 aliphatic heterocycles. The molecule has 0 unspecified atom stereocenters. The average Bonchev–Trinajstić information content (AvgIpc) is 3.09. The lowest BCUT2D eigenvalue weighted by Gasteiger charge is -2.05. The van der Waals surface area contributed by atoms with Crippen molar-refractivity contribution in [2.24, 2.45) is 0 Å². The Labute approximate surface area is 167 Å². The molecule has 0 radical (unpaired) electrons. The minimum atomic E-state index is -0.397. The number of rotatable bonds is 5. The third kappa shape index (κ3) is 4.20. The second kappa shape index (κ2) is 7.54. The van der Waals surface area contributed by atoms with Crippen molar-refractivity contribution in [3.8, 4) is 5.75 Å². The van der Waals surface area contributed by atoms with Crippen LogP contribution in [0.1, 0.15) is 11.3 Å². The Morgan fingerprint density at radius 1 is 1.15 bits per heavy atom. The molecule has 0 aliphatic carbocycles. The van der Waals surface area contributed by atoms with Gasteiger partial charge in [-0.2, -0.15) is 0 Å². The molecule has 27 heavy (non-hydrogen) atoms. The Morgan fingerprint density at radius 3 is 2.78 bits per heavy atom. The zero-order valence-electron chi connectivity index (χ0n) is 13.9. The Bertz CT molecular complexity index is 1160. The van der Waals surface area contributed by atoms with E-state index in [9.17, 15) is 4.79 Å². The third-order valence-corrected chi connectivity index (χ3v) is 4.65. The fraction of sp³-hybridized carbons (Fsp3) is 0.105. The molecule has 0 bridgehead atoms. The van der Waals surface area contributed by atoms with Crippen LogP contribution in [0, 0.1) is 0 Å². The fourth-order valence-electron chi connectivity index (χ4n) is 2.68. The molecule has 0 atom stereocenters. The lowest BCUT2D eigenvalue weighted by atomic mass is 10.1. The van der Waals surface area contributed by atoms with E-state index in [1.54, 1.807) is 41.2 Å². The van der Waals surface area contributed by atoms with Gasteiger partial charge in [0, 0.05) is 20.9 Å². The first-order valence-electron chi connectivity index (χ1n) is 8.06.